The zero-order chi connectivity index (χ0) is 15.3. The van der Waals surface area contributed by atoms with Gasteiger partial charge in [0.2, 0.25) is 0 Å². The largest absolute Gasteiger partial charge is 0.458 e. The first-order valence-electron chi connectivity index (χ1n) is 6.34. The van der Waals surface area contributed by atoms with Crippen LogP contribution in [0.25, 0.3) is 0 Å². The zero-order valence-electron chi connectivity index (χ0n) is 12.6. The highest BCUT2D eigenvalue weighted by Crippen LogP contribution is 2.10. The summed E-state index contributed by atoms with van der Waals surface area (Å²) in [5.74, 6) is -0.740. The predicted octanol–water partition coefficient (Wildman–Crippen LogP) is 1.21. The summed E-state index contributed by atoms with van der Waals surface area (Å²) in [6, 6.07) is -1.19. The molecule has 0 fully saturated rings. The number of carbonyl (C=O) groups excluding carboxylic acids is 2. The molecular formula is C12H23NO5. The van der Waals surface area contributed by atoms with Crippen LogP contribution < -0.4 is 5.32 Å². The fraction of sp³-hybridized carbons (Fsp3) is 0.833. The molecule has 1 amide bonds. The van der Waals surface area contributed by atoms with E-state index in [1.54, 1.807) is 34.6 Å². The van der Waals surface area contributed by atoms with Crippen molar-refractivity contribution < 1.29 is 25.5 Å². The van der Waals surface area contributed by atoms with E-state index in [1.165, 1.54) is 0 Å². The highest BCUT2D eigenvalue weighted by molar-refractivity contribution is 5.81. The highest BCUT2D eigenvalue weighted by atomic mass is 16.6. The molecule has 0 saturated carbocycles. The Morgan fingerprint density at radius 3 is 2.17 bits per heavy atom. The molecule has 0 aliphatic rings. The van der Waals surface area contributed by atoms with Crippen molar-refractivity contribution in [1.29, 1.82) is 0 Å². The number of aliphatic hydroxyl groups excluding tert-OH is 1. The average molecular weight is 262 g/mol. The first-order valence-corrected chi connectivity index (χ1v) is 5.63. The summed E-state index contributed by atoms with van der Waals surface area (Å²) < 4.78 is 17.2. The Morgan fingerprint density at radius 2 is 1.78 bits per heavy atom. The molecule has 6 heteroatoms. The van der Waals surface area contributed by atoms with E-state index in [4.69, 9.17) is 16.0 Å². The minimum Gasteiger partial charge on any atom is -0.458 e. The number of rotatable bonds is 3. The van der Waals surface area contributed by atoms with Gasteiger partial charge >= 0.3 is 12.1 Å². The van der Waals surface area contributed by atoms with Gasteiger partial charge in [-0.15, -0.1) is 0 Å². The Kier molecular flexibility index (Phi) is 4.95. The van der Waals surface area contributed by atoms with Crippen molar-refractivity contribution in [2.45, 2.75) is 58.8 Å². The maximum absolute atomic E-state index is 11.7. The summed E-state index contributed by atoms with van der Waals surface area (Å²) in [6.07, 6.45) is -0.873. The summed E-state index contributed by atoms with van der Waals surface area (Å²) in [5, 5.41) is 11.3. The lowest BCUT2D eigenvalue weighted by molar-refractivity contribution is -0.158. The van der Waals surface area contributed by atoms with Gasteiger partial charge in [0.05, 0.1) is 6.61 Å². The van der Waals surface area contributed by atoms with Crippen LogP contribution in [0.4, 0.5) is 4.79 Å². The molecule has 0 aliphatic carbocycles. The first-order chi connectivity index (χ1) is 8.50. The summed E-state index contributed by atoms with van der Waals surface area (Å²) in [6.45, 7) is 7.48. The Hall–Kier alpha value is -1.30. The van der Waals surface area contributed by atoms with Gasteiger partial charge in [0.25, 0.3) is 0 Å². The van der Waals surface area contributed by atoms with E-state index >= 15 is 0 Å². The molecule has 0 aromatic heterocycles. The average Bonchev–Trinajstić information content (AvgIpc) is 2.22. The van der Waals surface area contributed by atoms with Crippen LogP contribution in [0.3, 0.4) is 0 Å². The number of hydrogen-bond acceptors (Lipinski definition) is 5. The Balaban J connectivity index is 4.49. The number of aliphatic hydroxyl groups is 1. The Labute approximate surface area is 109 Å². The molecule has 0 bridgehead atoms. The van der Waals surface area contributed by atoms with Crippen LogP contribution in [0.1, 0.15) is 42.9 Å². The van der Waals surface area contributed by atoms with E-state index in [-0.39, 0.29) is 6.90 Å². The van der Waals surface area contributed by atoms with Crippen LogP contribution in [-0.4, -0.2) is 41.0 Å². The van der Waals surface area contributed by atoms with Crippen LogP contribution in [0.2, 0.25) is 0 Å². The zero-order valence-corrected chi connectivity index (χ0v) is 11.6. The van der Waals surface area contributed by atoms with E-state index in [9.17, 15) is 9.59 Å². The Bertz CT molecular complexity index is 325. The lowest BCUT2D eigenvalue weighted by atomic mass is 10.2. The molecule has 0 heterocycles. The Morgan fingerprint density at radius 1 is 1.22 bits per heavy atom. The predicted molar refractivity (Wildman–Crippen MR) is 66.1 cm³/mol. The van der Waals surface area contributed by atoms with Crippen molar-refractivity contribution >= 4 is 12.1 Å². The van der Waals surface area contributed by atoms with Gasteiger partial charge in [-0.25, -0.2) is 9.59 Å². The van der Waals surface area contributed by atoms with E-state index in [0.717, 1.165) is 0 Å². The van der Waals surface area contributed by atoms with E-state index < -0.39 is 35.9 Å². The van der Waals surface area contributed by atoms with Crippen LogP contribution in [0.5, 0.6) is 0 Å². The fourth-order valence-electron chi connectivity index (χ4n) is 0.975. The number of ether oxygens (including phenoxy) is 2. The van der Waals surface area contributed by atoms with Crippen molar-refractivity contribution in [3.8, 4) is 0 Å². The first kappa shape index (κ1) is 14.8. The molecule has 106 valence electrons. The van der Waals surface area contributed by atoms with Gasteiger partial charge in [-0.2, -0.15) is 0 Å². The lowest BCUT2D eigenvalue weighted by Crippen LogP contribution is -2.47. The van der Waals surface area contributed by atoms with Crippen molar-refractivity contribution in [1.82, 2.24) is 5.32 Å². The number of carbonyl (C=O) groups is 2. The SMILES string of the molecule is [2H]CC(C)(C)OC(=O)N[C@@H](CO)C(=O)OC(C)(C)C. The number of nitrogens with one attached hydrogen (secondary N) is 1. The van der Waals surface area contributed by atoms with Crippen LogP contribution in [0, 0.1) is 0 Å². The van der Waals surface area contributed by atoms with Crippen molar-refractivity contribution in [2.24, 2.45) is 0 Å². The summed E-state index contributed by atoms with van der Waals surface area (Å²) >= 11 is 0. The van der Waals surface area contributed by atoms with Crippen molar-refractivity contribution in [2.75, 3.05) is 6.61 Å². The minimum atomic E-state index is -1.19. The number of esters is 1. The van der Waals surface area contributed by atoms with E-state index in [0.29, 0.717) is 0 Å². The maximum atomic E-state index is 11.7. The lowest BCUT2D eigenvalue weighted by Gasteiger charge is -2.25. The molecule has 0 rings (SSSR count). The van der Waals surface area contributed by atoms with Crippen LogP contribution in [-0.2, 0) is 14.3 Å². The van der Waals surface area contributed by atoms with E-state index in [2.05, 4.69) is 5.32 Å². The fourth-order valence-corrected chi connectivity index (χ4v) is 0.975. The minimum absolute atomic E-state index is 0.114. The van der Waals surface area contributed by atoms with Gasteiger partial charge in [0, 0.05) is 1.37 Å². The number of amides is 1. The third-order valence-electron chi connectivity index (χ3n) is 1.53. The quantitative estimate of drug-likeness (QED) is 0.747. The molecule has 0 aromatic carbocycles. The molecule has 0 spiro atoms. The van der Waals surface area contributed by atoms with Crippen molar-refractivity contribution in [3.63, 3.8) is 0 Å². The standard InChI is InChI=1S/C12H23NO5/c1-11(2,3)17-9(15)8(7-14)13-10(16)18-12(4,5)6/h8,14H,7H2,1-6H3,(H,13,16)/t8-/m0/s1/i4D. The molecule has 0 unspecified atom stereocenters. The van der Waals surface area contributed by atoms with E-state index in [1.807, 2.05) is 0 Å². The smallest absolute Gasteiger partial charge is 0.408 e. The monoisotopic (exact) mass is 262 g/mol. The molecule has 0 aromatic rings. The number of alkyl carbamates (subject to hydrolysis) is 1. The molecule has 0 radical (unpaired) electrons. The highest BCUT2D eigenvalue weighted by Gasteiger charge is 2.27. The second kappa shape index (κ2) is 6.04. The number of hydrogen-bond donors (Lipinski definition) is 2. The van der Waals surface area contributed by atoms with Gasteiger partial charge in [-0.05, 0) is 41.5 Å². The normalized spacial score (nSPS) is 14.4. The second-order valence-electron chi connectivity index (χ2n) is 5.56. The maximum Gasteiger partial charge on any atom is 0.408 e. The summed E-state index contributed by atoms with van der Waals surface area (Å²) in [4.78, 5) is 23.2. The third-order valence-corrected chi connectivity index (χ3v) is 1.53. The second-order valence-corrected chi connectivity index (χ2v) is 5.56. The molecule has 0 saturated heterocycles. The van der Waals surface area contributed by atoms with Gasteiger partial charge in [0.1, 0.15) is 11.2 Å². The third kappa shape index (κ3) is 7.89. The molecule has 0 aliphatic heterocycles. The summed E-state index contributed by atoms with van der Waals surface area (Å²) in [7, 11) is 0. The van der Waals surface area contributed by atoms with Crippen LogP contribution in [0.15, 0.2) is 0 Å². The molecular weight excluding hydrogens is 238 g/mol. The van der Waals surface area contributed by atoms with Gasteiger partial charge < -0.3 is 19.9 Å². The molecule has 2 N–H and O–H groups in total. The topological polar surface area (TPSA) is 84.9 Å². The molecule has 18 heavy (non-hydrogen) atoms. The molecule has 6 nitrogen and oxygen atoms in total. The van der Waals surface area contributed by atoms with Gasteiger partial charge in [0.15, 0.2) is 6.04 Å². The molecule has 1 atom stereocenters. The van der Waals surface area contributed by atoms with Crippen LogP contribution >= 0.6 is 0 Å². The van der Waals surface area contributed by atoms with Crippen molar-refractivity contribution in [3.05, 3.63) is 0 Å². The van der Waals surface area contributed by atoms with Gasteiger partial charge in [-0.3, -0.25) is 0 Å². The van der Waals surface area contributed by atoms with Gasteiger partial charge in [-0.1, -0.05) is 0 Å². The summed E-state index contributed by atoms with van der Waals surface area (Å²) in [5.41, 5.74) is -1.67.